The lowest BCUT2D eigenvalue weighted by Crippen LogP contribution is -2.05. The van der Waals surface area contributed by atoms with Crippen LogP contribution in [-0.4, -0.2) is 26.1 Å². The van der Waals surface area contributed by atoms with Crippen molar-refractivity contribution < 1.29 is 19.0 Å². The van der Waals surface area contributed by atoms with Crippen LogP contribution in [0.2, 0.25) is 0 Å². The van der Waals surface area contributed by atoms with Crippen LogP contribution in [0.4, 0.5) is 0 Å². The minimum atomic E-state index is 0.561. The first-order chi connectivity index (χ1) is 10.8. The summed E-state index contributed by atoms with van der Waals surface area (Å²) in [6.45, 7) is 3.72. The maximum Gasteiger partial charge on any atom is 0.150 e. The van der Waals surface area contributed by atoms with E-state index < -0.39 is 0 Å². The average molecular weight is 300 g/mol. The van der Waals surface area contributed by atoms with Gasteiger partial charge >= 0.3 is 0 Å². The molecule has 0 radical (unpaired) electrons. The Morgan fingerprint density at radius 1 is 0.864 bits per heavy atom. The van der Waals surface area contributed by atoms with Crippen molar-refractivity contribution in [3.05, 3.63) is 54.1 Å². The van der Waals surface area contributed by atoms with Gasteiger partial charge in [0, 0.05) is 18.1 Å². The molecule has 0 atom stereocenters. The molecule has 22 heavy (non-hydrogen) atoms. The molecule has 4 nitrogen and oxygen atoms in total. The summed E-state index contributed by atoms with van der Waals surface area (Å²) in [4.78, 5) is 10.6. The first kappa shape index (κ1) is 15.9. The van der Waals surface area contributed by atoms with Gasteiger partial charge in [0.1, 0.15) is 23.5 Å². The van der Waals surface area contributed by atoms with Crippen LogP contribution < -0.4 is 14.2 Å². The maximum atomic E-state index is 10.6. The van der Waals surface area contributed by atoms with Crippen LogP contribution in [0.3, 0.4) is 0 Å². The number of aldehydes is 1. The summed E-state index contributed by atoms with van der Waals surface area (Å²) in [7, 11) is 0. The molecule has 0 bridgehead atoms. The van der Waals surface area contributed by atoms with Gasteiger partial charge in [0.25, 0.3) is 0 Å². The molecule has 0 saturated carbocycles. The first-order valence-corrected chi connectivity index (χ1v) is 7.35. The zero-order chi connectivity index (χ0) is 15.6. The van der Waals surface area contributed by atoms with Crippen molar-refractivity contribution in [2.24, 2.45) is 0 Å². The molecule has 0 fully saturated rings. The van der Waals surface area contributed by atoms with E-state index in [9.17, 15) is 4.79 Å². The second-order valence-corrected chi connectivity index (χ2v) is 4.65. The van der Waals surface area contributed by atoms with Gasteiger partial charge in [-0.05, 0) is 43.3 Å². The van der Waals surface area contributed by atoms with E-state index in [1.54, 1.807) is 24.3 Å². The van der Waals surface area contributed by atoms with Gasteiger partial charge in [0.2, 0.25) is 0 Å². The van der Waals surface area contributed by atoms with Crippen molar-refractivity contribution in [2.45, 2.75) is 13.3 Å². The molecular formula is C18H20O4. The Labute approximate surface area is 130 Å². The molecule has 0 aliphatic rings. The summed E-state index contributed by atoms with van der Waals surface area (Å²) >= 11 is 0. The minimum absolute atomic E-state index is 0.561. The van der Waals surface area contributed by atoms with E-state index in [-0.39, 0.29) is 0 Å². The minimum Gasteiger partial charge on any atom is -0.494 e. The number of hydrogen-bond acceptors (Lipinski definition) is 4. The maximum absolute atomic E-state index is 10.6. The molecule has 2 aromatic carbocycles. The van der Waals surface area contributed by atoms with E-state index in [1.807, 2.05) is 31.2 Å². The number of hydrogen-bond donors (Lipinski definition) is 0. The van der Waals surface area contributed by atoms with Crippen molar-refractivity contribution in [2.75, 3.05) is 19.8 Å². The molecule has 2 rings (SSSR count). The molecule has 2 aromatic rings. The molecule has 0 aromatic heterocycles. The largest absolute Gasteiger partial charge is 0.494 e. The molecule has 0 aliphatic heterocycles. The van der Waals surface area contributed by atoms with Crippen LogP contribution in [0.1, 0.15) is 23.7 Å². The zero-order valence-corrected chi connectivity index (χ0v) is 12.7. The fraction of sp³-hybridized carbons (Fsp3) is 0.278. The van der Waals surface area contributed by atoms with Gasteiger partial charge in [-0.15, -0.1) is 0 Å². The van der Waals surface area contributed by atoms with Gasteiger partial charge in [0.15, 0.2) is 0 Å². The number of carbonyl (C=O) groups excluding carboxylic acids is 1. The van der Waals surface area contributed by atoms with E-state index >= 15 is 0 Å². The van der Waals surface area contributed by atoms with Crippen molar-refractivity contribution in [1.82, 2.24) is 0 Å². The summed E-state index contributed by atoms with van der Waals surface area (Å²) in [5.41, 5.74) is 0.643. The summed E-state index contributed by atoms with van der Waals surface area (Å²) in [5.74, 6) is 2.36. The first-order valence-electron chi connectivity index (χ1n) is 7.35. The van der Waals surface area contributed by atoms with E-state index in [4.69, 9.17) is 14.2 Å². The molecular weight excluding hydrogens is 280 g/mol. The number of carbonyl (C=O) groups is 1. The summed E-state index contributed by atoms with van der Waals surface area (Å²) < 4.78 is 16.7. The molecule has 0 N–H and O–H groups in total. The number of benzene rings is 2. The standard InChI is InChI=1S/C18H20O4/c1-2-20-17-5-3-6-18(13-17)22-12-4-11-21-16-9-7-15(14-19)8-10-16/h3,5-10,13-14H,2,4,11-12H2,1H3. The third kappa shape index (κ3) is 5.13. The summed E-state index contributed by atoms with van der Waals surface area (Å²) in [5, 5.41) is 0. The second kappa shape index (κ2) is 8.72. The van der Waals surface area contributed by atoms with Crippen LogP contribution in [0.25, 0.3) is 0 Å². The highest BCUT2D eigenvalue weighted by atomic mass is 16.5. The summed E-state index contributed by atoms with van der Waals surface area (Å²) in [6.07, 6.45) is 1.59. The molecule has 0 heterocycles. The van der Waals surface area contributed by atoms with Crippen LogP contribution >= 0.6 is 0 Å². The zero-order valence-electron chi connectivity index (χ0n) is 12.7. The Kier molecular flexibility index (Phi) is 6.30. The monoisotopic (exact) mass is 300 g/mol. The highest BCUT2D eigenvalue weighted by Crippen LogP contribution is 2.19. The lowest BCUT2D eigenvalue weighted by atomic mass is 10.2. The molecule has 0 unspecified atom stereocenters. The van der Waals surface area contributed by atoms with Gasteiger partial charge in [-0.3, -0.25) is 4.79 Å². The van der Waals surface area contributed by atoms with Crippen LogP contribution in [0.15, 0.2) is 48.5 Å². The summed E-state index contributed by atoms with van der Waals surface area (Å²) in [6, 6.07) is 14.6. The fourth-order valence-electron chi connectivity index (χ4n) is 1.90. The molecule has 116 valence electrons. The lowest BCUT2D eigenvalue weighted by Gasteiger charge is -2.09. The quantitative estimate of drug-likeness (QED) is 0.522. The normalized spacial score (nSPS) is 10.0. The third-order valence-electron chi connectivity index (χ3n) is 2.96. The number of rotatable bonds is 9. The Morgan fingerprint density at radius 2 is 1.50 bits per heavy atom. The van der Waals surface area contributed by atoms with Crippen LogP contribution in [-0.2, 0) is 0 Å². The van der Waals surface area contributed by atoms with E-state index in [0.717, 1.165) is 30.0 Å². The van der Waals surface area contributed by atoms with Crippen molar-refractivity contribution in [3.8, 4) is 17.2 Å². The third-order valence-corrected chi connectivity index (χ3v) is 2.96. The van der Waals surface area contributed by atoms with E-state index in [2.05, 4.69) is 0 Å². The van der Waals surface area contributed by atoms with E-state index in [0.29, 0.717) is 25.4 Å². The van der Waals surface area contributed by atoms with Crippen molar-refractivity contribution >= 4 is 6.29 Å². The Bertz CT molecular complexity index is 578. The van der Waals surface area contributed by atoms with Gasteiger partial charge in [0.05, 0.1) is 19.8 Å². The predicted molar refractivity (Wildman–Crippen MR) is 85.0 cm³/mol. The van der Waals surface area contributed by atoms with Gasteiger partial charge in [-0.1, -0.05) is 6.07 Å². The van der Waals surface area contributed by atoms with Gasteiger partial charge < -0.3 is 14.2 Å². The number of ether oxygens (including phenoxy) is 3. The predicted octanol–water partition coefficient (Wildman–Crippen LogP) is 3.75. The SMILES string of the molecule is CCOc1cccc(OCCCOc2ccc(C=O)cc2)c1. The van der Waals surface area contributed by atoms with Gasteiger partial charge in [-0.25, -0.2) is 0 Å². The van der Waals surface area contributed by atoms with Crippen LogP contribution in [0.5, 0.6) is 17.2 Å². The Balaban J connectivity index is 1.68. The highest BCUT2D eigenvalue weighted by Gasteiger charge is 1.98. The smallest absolute Gasteiger partial charge is 0.150 e. The fourth-order valence-corrected chi connectivity index (χ4v) is 1.90. The van der Waals surface area contributed by atoms with E-state index in [1.165, 1.54) is 0 Å². The molecule has 4 heteroatoms. The molecule has 0 amide bonds. The van der Waals surface area contributed by atoms with Crippen molar-refractivity contribution in [3.63, 3.8) is 0 Å². The van der Waals surface area contributed by atoms with Gasteiger partial charge in [-0.2, -0.15) is 0 Å². The van der Waals surface area contributed by atoms with Crippen molar-refractivity contribution in [1.29, 1.82) is 0 Å². The Hall–Kier alpha value is -2.49. The highest BCUT2D eigenvalue weighted by molar-refractivity contribution is 5.74. The lowest BCUT2D eigenvalue weighted by molar-refractivity contribution is 0.112. The topological polar surface area (TPSA) is 44.8 Å². The molecule has 0 aliphatic carbocycles. The molecule has 0 saturated heterocycles. The molecule has 0 spiro atoms. The van der Waals surface area contributed by atoms with Crippen LogP contribution in [0, 0.1) is 0 Å². The Morgan fingerprint density at radius 3 is 2.14 bits per heavy atom. The second-order valence-electron chi connectivity index (χ2n) is 4.65. The average Bonchev–Trinajstić information content (AvgIpc) is 2.56.